The lowest BCUT2D eigenvalue weighted by Gasteiger charge is -2.43. The van der Waals surface area contributed by atoms with Crippen molar-refractivity contribution in [3.8, 4) is 0 Å². The Labute approximate surface area is 183 Å². The molecule has 2 heteroatoms. The van der Waals surface area contributed by atoms with Crippen molar-refractivity contribution in [2.75, 3.05) is 6.61 Å². The molecule has 0 aromatic heterocycles. The Morgan fingerprint density at radius 3 is 1.83 bits per heavy atom. The highest BCUT2D eigenvalue weighted by atomic mass is 32.2. The molecular weight excluding hydrogens is 384 g/mol. The molecule has 0 fully saturated rings. The van der Waals surface area contributed by atoms with Crippen LogP contribution in [-0.2, 0) is 15.6 Å². The van der Waals surface area contributed by atoms with Crippen molar-refractivity contribution in [3.63, 3.8) is 0 Å². The van der Waals surface area contributed by atoms with Crippen LogP contribution in [0.1, 0.15) is 49.3 Å². The lowest BCUT2D eigenvalue weighted by molar-refractivity contribution is 0.274. The van der Waals surface area contributed by atoms with E-state index in [4.69, 9.17) is 0 Å². The van der Waals surface area contributed by atoms with Gasteiger partial charge >= 0.3 is 0 Å². The molecule has 1 aliphatic heterocycles. The number of aliphatic hydroxyl groups excluding tert-OH is 1. The fourth-order valence-corrected chi connectivity index (χ4v) is 8.13. The zero-order chi connectivity index (χ0) is 21.0. The van der Waals surface area contributed by atoms with Gasteiger partial charge in [-0.2, -0.15) is 0 Å². The Morgan fingerprint density at radius 1 is 0.833 bits per heavy atom. The van der Waals surface area contributed by atoms with Crippen LogP contribution in [0.2, 0.25) is 0 Å². The summed E-state index contributed by atoms with van der Waals surface area (Å²) in [5.74, 6) is 0.361. The smallest absolute Gasteiger partial charge is 0.184 e. The first-order valence-corrected chi connectivity index (χ1v) is 12.1. The average molecular weight is 416 g/mol. The first-order valence-electron chi connectivity index (χ1n) is 10.8. The summed E-state index contributed by atoms with van der Waals surface area (Å²) >= 11 is 0. The maximum Gasteiger partial charge on any atom is 0.184 e. The third kappa shape index (κ3) is 3.87. The van der Waals surface area contributed by atoms with E-state index >= 15 is 0 Å². The molecule has 2 atom stereocenters. The van der Waals surface area contributed by atoms with Crippen molar-refractivity contribution >= 4 is 10.9 Å². The standard InChI is InChI=1S/C28H31OS/c1-27(2,19-20-29)30-21-18-24(23-12-6-3-7-13-23)22-28(30,25-14-8-4-9-15-25)26-16-10-5-11-17-26/h3-18,21,24,29H,19-20,22H2,1-2H3/q+1. The Balaban J connectivity index is 1.95. The van der Waals surface area contributed by atoms with E-state index in [9.17, 15) is 5.11 Å². The predicted molar refractivity (Wildman–Crippen MR) is 130 cm³/mol. The second-order valence-corrected chi connectivity index (χ2v) is 11.4. The van der Waals surface area contributed by atoms with Crippen molar-refractivity contribution in [1.29, 1.82) is 0 Å². The minimum absolute atomic E-state index is 0.0153. The van der Waals surface area contributed by atoms with E-state index in [1.165, 1.54) is 16.7 Å². The molecular formula is C28H31OS+. The summed E-state index contributed by atoms with van der Waals surface area (Å²) in [4.78, 5) is 0. The molecule has 0 radical (unpaired) electrons. The Kier molecular flexibility index (Phi) is 6.17. The number of allylic oxidation sites excluding steroid dienone is 1. The fraction of sp³-hybridized carbons (Fsp3) is 0.286. The minimum atomic E-state index is -0.129. The Bertz CT molecular complexity index is 924. The van der Waals surface area contributed by atoms with Crippen molar-refractivity contribution in [3.05, 3.63) is 119 Å². The highest BCUT2D eigenvalue weighted by molar-refractivity contribution is 8.02. The minimum Gasteiger partial charge on any atom is -0.396 e. The number of benzene rings is 3. The molecule has 0 saturated carbocycles. The molecule has 1 nitrogen and oxygen atoms in total. The Morgan fingerprint density at radius 2 is 1.33 bits per heavy atom. The van der Waals surface area contributed by atoms with E-state index in [-0.39, 0.29) is 27.0 Å². The topological polar surface area (TPSA) is 20.2 Å². The number of hydrogen-bond donors (Lipinski definition) is 1. The van der Waals surface area contributed by atoms with Gasteiger partial charge in [-0.3, -0.25) is 0 Å². The van der Waals surface area contributed by atoms with Crippen LogP contribution < -0.4 is 0 Å². The van der Waals surface area contributed by atoms with E-state index < -0.39 is 0 Å². The highest BCUT2D eigenvalue weighted by Crippen LogP contribution is 2.54. The molecule has 1 aliphatic rings. The van der Waals surface area contributed by atoms with E-state index in [0.717, 1.165) is 12.8 Å². The van der Waals surface area contributed by atoms with Gasteiger partial charge in [0.25, 0.3) is 0 Å². The molecule has 154 valence electrons. The quantitative estimate of drug-likeness (QED) is 0.461. The van der Waals surface area contributed by atoms with E-state index in [1.54, 1.807) is 0 Å². The van der Waals surface area contributed by atoms with Crippen LogP contribution in [0.5, 0.6) is 0 Å². The summed E-state index contributed by atoms with van der Waals surface area (Å²) < 4.78 is -0.144. The summed E-state index contributed by atoms with van der Waals surface area (Å²) in [6.45, 7) is 4.85. The van der Waals surface area contributed by atoms with Gasteiger partial charge in [-0.25, -0.2) is 0 Å². The normalized spacial score (nSPS) is 20.8. The van der Waals surface area contributed by atoms with E-state index in [1.807, 2.05) is 0 Å². The van der Waals surface area contributed by atoms with Gasteiger partial charge in [0.1, 0.15) is 10.2 Å². The van der Waals surface area contributed by atoms with Gasteiger partial charge in [0.15, 0.2) is 4.75 Å². The number of rotatable bonds is 6. The van der Waals surface area contributed by atoms with Gasteiger partial charge in [0, 0.05) is 47.4 Å². The lowest BCUT2D eigenvalue weighted by atomic mass is 9.80. The van der Waals surface area contributed by atoms with Crippen molar-refractivity contribution in [2.24, 2.45) is 0 Å². The fourth-order valence-electron chi connectivity index (χ4n) is 4.79. The van der Waals surface area contributed by atoms with Crippen molar-refractivity contribution < 1.29 is 5.11 Å². The summed E-state index contributed by atoms with van der Waals surface area (Å²) in [6.07, 6.45) is 4.24. The SMILES string of the molecule is CC(C)(CCO)[S+]1C=CC(c2ccccc2)CC1(c1ccccc1)c1ccccc1. The Hall–Kier alpha value is -2.29. The van der Waals surface area contributed by atoms with Gasteiger partial charge in [-0.15, -0.1) is 0 Å². The molecule has 0 spiro atoms. The largest absolute Gasteiger partial charge is 0.396 e. The van der Waals surface area contributed by atoms with E-state index in [2.05, 4.69) is 116 Å². The molecule has 30 heavy (non-hydrogen) atoms. The summed E-state index contributed by atoms with van der Waals surface area (Å²) in [5, 5.41) is 12.3. The molecule has 4 rings (SSSR count). The molecule has 2 unspecified atom stereocenters. The molecule has 1 heterocycles. The van der Waals surface area contributed by atoms with Crippen LogP contribution >= 0.6 is 0 Å². The maximum absolute atomic E-state index is 9.85. The molecule has 0 amide bonds. The second kappa shape index (κ2) is 8.83. The first kappa shape index (κ1) is 21.0. The van der Waals surface area contributed by atoms with Crippen molar-refractivity contribution in [2.45, 2.75) is 42.1 Å². The maximum atomic E-state index is 9.85. The highest BCUT2D eigenvalue weighted by Gasteiger charge is 2.58. The van der Waals surface area contributed by atoms with Gasteiger partial charge < -0.3 is 5.11 Å². The molecule has 3 aromatic rings. The number of aliphatic hydroxyl groups is 1. The zero-order valence-corrected chi connectivity index (χ0v) is 18.7. The van der Waals surface area contributed by atoms with Crippen LogP contribution in [0.4, 0.5) is 0 Å². The molecule has 0 bridgehead atoms. The molecule has 1 N–H and O–H groups in total. The molecule has 3 aromatic carbocycles. The summed E-state index contributed by atoms with van der Waals surface area (Å²) in [7, 11) is -0.0883. The van der Waals surface area contributed by atoms with Crippen LogP contribution in [0.25, 0.3) is 0 Å². The second-order valence-electron chi connectivity index (χ2n) is 8.68. The third-order valence-electron chi connectivity index (χ3n) is 6.35. The van der Waals surface area contributed by atoms with Gasteiger partial charge in [-0.05, 0) is 25.5 Å². The zero-order valence-electron chi connectivity index (χ0n) is 17.9. The molecule has 0 aliphatic carbocycles. The summed E-state index contributed by atoms with van der Waals surface area (Å²) in [6, 6.07) is 32.9. The van der Waals surface area contributed by atoms with Crippen LogP contribution in [0.15, 0.2) is 102 Å². The number of hydrogen-bond acceptors (Lipinski definition) is 1. The van der Waals surface area contributed by atoms with Gasteiger partial charge in [0.05, 0.1) is 0 Å². The van der Waals surface area contributed by atoms with E-state index in [0.29, 0.717) is 5.92 Å². The predicted octanol–water partition coefficient (Wildman–Crippen LogP) is 6.41. The third-order valence-corrected chi connectivity index (χ3v) is 9.56. The van der Waals surface area contributed by atoms with Crippen LogP contribution in [-0.4, -0.2) is 16.5 Å². The van der Waals surface area contributed by atoms with Gasteiger partial charge in [-0.1, -0.05) is 91.0 Å². The summed E-state index contributed by atoms with van der Waals surface area (Å²) in [5.41, 5.74) is 4.11. The molecule has 0 saturated heterocycles. The average Bonchev–Trinajstić information content (AvgIpc) is 2.80. The van der Waals surface area contributed by atoms with Crippen LogP contribution in [0.3, 0.4) is 0 Å². The van der Waals surface area contributed by atoms with Crippen LogP contribution in [0, 0.1) is 0 Å². The first-order chi connectivity index (χ1) is 14.6. The monoisotopic (exact) mass is 415 g/mol. The lowest BCUT2D eigenvalue weighted by Crippen LogP contribution is -2.49. The van der Waals surface area contributed by atoms with Crippen molar-refractivity contribution in [1.82, 2.24) is 0 Å². The van der Waals surface area contributed by atoms with Gasteiger partial charge in [0.2, 0.25) is 0 Å².